The highest BCUT2D eigenvalue weighted by molar-refractivity contribution is 6.06. The predicted octanol–water partition coefficient (Wildman–Crippen LogP) is 3.48. The van der Waals surface area contributed by atoms with E-state index in [0.29, 0.717) is 28.3 Å². The molecule has 148 valence electrons. The van der Waals surface area contributed by atoms with Gasteiger partial charge in [0.1, 0.15) is 11.3 Å². The van der Waals surface area contributed by atoms with Crippen molar-refractivity contribution in [1.29, 1.82) is 0 Å². The number of hydrogen-bond donors (Lipinski definition) is 2. The molecule has 7 nitrogen and oxygen atoms in total. The lowest BCUT2D eigenvalue weighted by Crippen LogP contribution is -2.31. The number of ether oxygens (including phenoxy) is 1. The normalized spacial score (nSPS) is 15.6. The van der Waals surface area contributed by atoms with E-state index in [4.69, 9.17) is 9.15 Å². The molecular formula is C22H20N2O5. The van der Waals surface area contributed by atoms with E-state index in [2.05, 4.69) is 10.6 Å². The summed E-state index contributed by atoms with van der Waals surface area (Å²) in [4.78, 5) is 36.8. The molecule has 0 radical (unpaired) electrons. The van der Waals surface area contributed by atoms with Gasteiger partial charge in [-0.25, -0.2) is 4.79 Å². The van der Waals surface area contributed by atoms with Crippen LogP contribution >= 0.6 is 0 Å². The molecule has 2 aromatic carbocycles. The molecule has 0 spiro atoms. The van der Waals surface area contributed by atoms with Crippen molar-refractivity contribution in [2.24, 2.45) is 0 Å². The summed E-state index contributed by atoms with van der Waals surface area (Å²) >= 11 is 0. The van der Waals surface area contributed by atoms with Gasteiger partial charge < -0.3 is 19.8 Å². The molecule has 0 saturated heterocycles. The average Bonchev–Trinajstić information content (AvgIpc) is 2.67. The Bertz CT molecular complexity index is 1210. The Kier molecular flexibility index (Phi) is 4.58. The number of carbonyl (C=O) groups is 2. The maximum absolute atomic E-state index is 13.1. The lowest BCUT2D eigenvalue weighted by atomic mass is 9.89. The van der Waals surface area contributed by atoms with Gasteiger partial charge in [-0.05, 0) is 60.9 Å². The minimum Gasteiger partial charge on any atom is -0.497 e. The zero-order valence-electron chi connectivity index (χ0n) is 16.3. The van der Waals surface area contributed by atoms with Crippen LogP contribution in [-0.2, 0) is 9.59 Å². The molecule has 2 heterocycles. The summed E-state index contributed by atoms with van der Waals surface area (Å²) in [6.45, 7) is 3.64. The van der Waals surface area contributed by atoms with Gasteiger partial charge in [-0.2, -0.15) is 0 Å². The Labute approximate surface area is 166 Å². The maximum Gasteiger partial charge on any atom is 0.336 e. The van der Waals surface area contributed by atoms with Crippen molar-refractivity contribution < 1.29 is 18.7 Å². The highest BCUT2D eigenvalue weighted by Crippen LogP contribution is 2.36. The molecule has 1 unspecified atom stereocenters. The molecule has 1 aliphatic heterocycles. The molecule has 0 aliphatic carbocycles. The van der Waals surface area contributed by atoms with Crippen LogP contribution in [0.4, 0.5) is 11.4 Å². The number of methoxy groups -OCH3 is 1. The first-order chi connectivity index (χ1) is 13.9. The monoisotopic (exact) mass is 392 g/mol. The summed E-state index contributed by atoms with van der Waals surface area (Å²) < 4.78 is 10.5. The second kappa shape index (κ2) is 7.09. The number of fused-ring (bicyclic) bond motifs is 2. The van der Waals surface area contributed by atoms with E-state index in [0.717, 1.165) is 16.5 Å². The quantitative estimate of drug-likeness (QED) is 0.665. The van der Waals surface area contributed by atoms with Gasteiger partial charge in [-0.15, -0.1) is 0 Å². The van der Waals surface area contributed by atoms with Gasteiger partial charge in [0.25, 0.3) is 0 Å². The molecule has 0 saturated carbocycles. The van der Waals surface area contributed by atoms with Gasteiger partial charge in [0, 0.05) is 29.2 Å². The standard InChI is InChI=1S/C22H20N2O5/c1-11-7-21(26)29-19-6-12(2)18(9-14(11)19)24-22(27)16-10-20(25)23-17-5-4-13(28-3)8-15(16)17/h4-9,16H,10H2,1-3H3,(H,23,25)(H,24,27). The summed E-state index contributed by atoms with van der Waals surface area (Å²) in [5, 5.41) is 6.47. The van der Waals surface area contributed by atoms with Gasteiger partial charge >= 0.3 is 5.63 Å². The van der Waals surface area contributed by atoms with Crippen LogP contribution in [0.5, 0.6) is 5.75 Å². The third-order valence-corrected chi connectivity index (χ3v) is 5.17. The summed E-state index contributed by atoms with van der Waals surface area (Å²) in [7, 11) is 1.55. The first-order valence-corrected chi connectivity index (χ1v) is 9.19. The van der Waals surface area contributed by atoms with Crippen LogP contribution < -0.4 is 21.0 Å². The fourth-order valence-electron chi connectivity index (χ4n) is 3.62. The van der Waals surface area contributed by atoms with E-state index in [1.807, 2.05) is 13.8 Å². The van der Waals surface area contributed by atoms with Crippen LogP contribution in [0.15, 0.2) is 45.6 Å². The third kappa shape index (κ3) is 3.47. The summed E-state index contributed by atoms with van der Waals surface area (Å²) in [6.07, 6.45) is 0.0481. The van der Waals surface area contributed by atoms with Gasteiger partial charge in [-0.1, -0.05) is 0 Å². The van der Waals surface area contributed by atoms with E-state index in [9.17, 15) is 14.4 Å². The van der Waals surface area contributed by atoms with E-state index in [-0.39, 0.29) is 18.2 Å². The molecule has 2 amide bonds. The van der Waals surface area contributed by atoms with E-state index in [1.54, 1.807) is 37.4 Å². The molecule has 3 aromatic rings. The maximum atomic E-state index is 13.1. The van der Waals surface area contributed by atoms with Crippen molar-refractivity contribution in [3.8, 4) is 5.75 Å². The average molecular weight is 392 g/mol. The smallest absolute Gasteiger partial charge is 0.336 e. The largest absolute Gasteiger partial charge is 0.497 e. The Morgan fingerprint density at radius 1 is 1.14 bits per heavy atom. The van der Waals surface area contributed by atoms with E-state index < -0.39 is 11.5 Å². The van der Waals surface area contributed by atoms with Crippen molar-refractivity contribution in [2.45, 2.75) is 26.2 Å². The molecule has 4 rings (SSSR count). The van der Waals surface area contributed by atoms with E-state index in [1.165, 1.54) is 6.07 Å². The zero-order valence-corrected chi connectivity index (χ0v) is 16.3. The summed E-state index contributed by atoms with van der Waals surface area (Å²) in [5.41, 5.74) is 3.50. The number of aryl methyl sites for hydroxylation is 2. The van der Waals surface area contributed by atoms with Crippen molar-refractivity contribution >= 4 is 34.2 Å². The zero-order chi connectivity index (χ0) is 20.7. The van der Waals surface area contributed by atoms with Crippen LogP contribution in [0.1, 0.15) is 29.0 Å². The Balaban J connectivity index is 1.71. The minimum atomic E-state index is -0.640. The number of rotatable bonds is 3. The van der Waals surface area contributed by atoms with Gasteiger partial charge in [-0.3, -0.25) is 9.59 Å². The first kappa shape index (κ1) is 18.7. The molecule has 0 fully saturated rings. The van der Waals surface area contributed by atoms with E-state index >= 15 is 0 Å². The Morgan fingerprint density at radius 3 is 2.69 bits per heavy atom. The molecular weight excluding hydrogens is 372 g/mol. The molecule has 1 aliphatic rings. The molecule has 7 heteroatoms. The van der Waals surface area contributed by atoms with Crippen LogP contribution in [0.3, 0.4) is 0 Å². The van der Waals surface area contributed by atoms with Crippen molar-refractivity contribution in [3.63, 3.8) is 0 Å². The van der Waals surface area contributed by atoms with Crippen molar-refractivity contribution in [1.82, 2.24) is 0 Å². The first-order valence-electron chi connectivity index (χ1n) is 9.19. The van der Waals surface area contributed by atoms with Crippen LogP contribution in [0.25, 0.3) is 11.0 Å². The second-order valence-corrected chi connectivity index (χ2v) is 7.16. The SMILES string of the molecule is COc1ccc2c(c1)C(C(=O)Nc1cc3c(C)cc(=O)oc3cc1C)CC(=O)N2. The number of benzene rings is 2. The highest BCUT2D eigenvalue weighted by atomic mass is 16.5. The third-order valence-electron chi connectivity index (χ3n) is 5.17. The van der Waals surface area contributed by atoms with Gasteiger partial charge in [0.05, 0.1) is 13.0 Å². The van der Waals surface area contributed by atoms with Gasteiger partial charge in [0.15, 0.2) is 0 Å². The number of amides is 2. The Hall–Kier alpha value is -3.61. The minimum absolute atomic E-state index is 0.0481. The molecule has 1 atom stereocenters. The number of nitrogens with one attached hydrogen (secondary N) is 2. The lowest BCUT2D eigenvalue weighted by molar-refractivity contribution is -0.123. The molecule has 2 N–H and O–H groups in total. The topological polar surface area (TPSA) is 97.6 Å². The van der Waals surface area contributed by atoms with Crippen molar-refractivity contribution in [2.75, 3.05) is 17.7 Å². The molecule has 1 aromatic heterocycles. The number of hydrogen-bond acceptors (Lipinski definition) is 5. The summed E-state index contributed by atoms with van der Waals surface area (Å²) in [6, 6.07) is 10.2. The second-order valence-electron chi connectivity index (χ2n) is 7.16. The highest BCUT2D eigenvalue weighted by Gasteiger charge is 2.31. The lowest BCUT2D eigenvalue weighted by Gasteiger charge is -2.25. The van der Waals surface area contributed by atoms with Crippen LogP contribution in [0, 0.1) is 13.8 Å². The number of carbonyl (C=O) groups excluding carboxylic acids is 2. The fraction of sp³-hybridized carbons (Fsp3) is 0.227. The van der Waals surface area contributed by atoms with Gasteiger partial charge in [0.2, 0.25) is 11.8 Å². The number of anilines is 2. The molecule has 29 heavy (non-hydrogen) atoms. The predicted molar refractivity (Wildman–Crippen MR) is 110 cm³/mol. The van der Waals surface area contributed by atoms with Crippen LogP contribution in [0.2, 0.25) is 0 Å². The van der Waals surface area contributed by atoms with Crippen LogP contribution in [-0.4, -0.2) is 18.9 Å². The van der Waals surface area contributed by atoms with Crippen molar-refractivity contribution in [3.05, 3.63) is 63.5 Å². The fourth-order valence-corrected chi connectivity index (χ4v) is 3.62. The summed E-state index contributed by atoms with van der Waals surface area (Å²) in [5.74, 6) is -0.522. The molecule has 0 bridgehead atoms. The Morgan fingerprint density at radius 2 is 1.93 bits per heavy atom.